The molecule has 1 N–H and O–H groups in total. The van der Waals surface area contributed by atoms with E-state index in [1.807, 2.05) is 6.07 Å². The number of alkyl halides is 3. The minimum atomic E-state index is -4.77. The highest BCUT2D eigenvalue weighted by Gasteiger charge is 2.37. The van der Waals surface area contributed by atoms with Crippen LogP contribution in [0, 0.1) is 0 Å². The van der Waals surface area contributed by atoms with Gasteiger partial charge in [0, 0.05) is 30.7 Å². The lowest BCUT2D eigenvalue weighted by Crippen LogP contribution is -2.39. The second-order valence-corrected chi connectivity index (χ2v) is 9.05. The standard InChI is InChI=1S/C23H23ClF3N5O2/c24-15-6-7-18-17(14-15)28-21(33)30(18)11-3-10-29-12-8-16(9-13-29)31-19-4-1-2-5-20(19)32(22(31)34)23(25,26)27/h1-2,4-7,14,16H,3,8-13H2,(H,28,33). The summed E-state index contributed by atoms with van der Waals surface area (Å²) in [6.45, 7) is 2.62. The molecule has 0 unspecified atom stereocenters. The normalized spacial score (nSPS) is 16.1. The van der Waals surface area contributed by atoms with E-state index in [-0.39, 0.29) is 21.8 Å². The summed E-state index contributed by atoms with van der Waals surface area (Å²) in [7, 11) is 0. The first-order valence-electron chi connectivity index (χ1n) is 11.1. The topological polar surface area (TPSA) is 68.0 Å². The zero-order valence-corrected chi connectivity index (χ0v) is 18.9. The number of hydrogen-bond acceptors (Lipinski definition) is 3. The molecular weight excluding hydrogens is 471 g/mol. The molecule has 0 spiro atoms. The van der Waals surface area contributed by atoms with E-state index in [4.69, 9.17) is 11.6 Å². The molecular formula is C23H23ClF3N5O2. The molecule has 0 amide bonds. The number of rotatable bonds is 5. The molecule has 2 aromatic carbocycles. The van der Waals surface area contributed by atoms with Gasteiger partial charge in [-0.1, -0.05) is 23.7 Å². The molecule has 34 heavy (non-hydrogen) atoms. The van der Waals surface area contributed by atoms with Gasteiger partial charge in [-0.3, -0.25) is 9.13 Å². The summed E-state index contributed by atoms with van der Waals surface area (Å²) in [4.78, 5) is 30.0. The highest BCUT2D eigenvalue weighted by molar-refractivity contribution is 6.31. The summed E-state index contributed by atoms with van der Waals surface area (Å²) in [5.41, 5.74) is 0.465. The zero-order chi connectivity index (χ0) is 24.0. The number of imidazole rings is 2. The lowest BCUT2D eigenvalue weighted by Gasteiger charge is -2.32. The summed E-state index contributed by atoms with van der Waals surface area (Å²) in [5, 5.41) is 0.557. The van der Waals surface area contributed by atoms with E-state index in [9.17, 15) is 22.8 Å². The predicted molar refractivity (Wildman–Crippen MR) is 124 cm³/mol. The molecule has 7 nitrogen and oxygen atoms in total. The molecule has 1 fully saturated rings. The summed E-state index contributed by atoms with van der Waals surface area (Å²) < 4.78 is 43.5. The maximum absolute atomic E-state index is 13.5. The van der Waals surface area contributed by atoms with E-state index in [0.717, 1.165) is 18.5 Å². The molecule has 0 aliphatic carbocycles. The third kappa shape index (κ3) is 4.05. The first kappa shape index (κ1) is 22.8. The number of benzene rings is 2. The number of nitrogens with one attached hydrogen (secondary N) is 1. The van der Waals surface area contributed by atoms with Gasteiger partial charge in [-0.25, -0.2) is 14.2 Å². The van der Waals surface area contributed by atoms with Crippen LogP contribution in [0.15, 0.2) is 52.1 Å². The van der Waals surface area contributed by atoms with E-state index >= 15 is 0 Å². The van der Waals surface area contributed by atoms with Gasteiger partial charge in [0.15, 0.2) is 0 Å². The van der Waals surface area contributed by atoms with Crippen molar-refractivity contribution in [2.24, 2.45) is 0 Å². The van der Waals surface area contributed by atoms with Crippen molar-refractivity contribution in [2.75, 3.05) is 19.6 Å². The van der Waals surface area contributed by atoms with Crippen LogP contribution >= 0.6 is 11.6 Å². The number of hydrogen-bond donors (Lipinski definition) is 1. The summed E-state index contributed by atoms with van der Waals surface area (Å²) >= 11 is 5.99. The third-order valence-corrected chi connectivity index (χ3v) is 6.78. The molecule has 4 aromatic rings. The molecule has 0 saturated carbocycles. The average molecular weight is 494 g/mol. The van der Waals surface area contributed by atoms with Gasteiger partial charge in [0.2, 0.25) is 0 Å². The van der Waals surface area contributed by atoms with Crippen molar-refractivity contribution >= 4 is 33.7 Å². The number of aromatic amines is 1. The molecule has 3 heterocycles. The van der Waals surface area contributed by atoms with Crippen LogP contribution in [0.1, 0.15) is 25.3 Å². The number of likely N-dealkylation sites (tertiary alicyclic amines) is 1. The van der Waals surface area contributed by atoms with E-state index in [0.29, 0.717) is 48.5 Å². The van der Waals surface area contributed by atoms with Gasteiger partial charge in [0.1, 0.15) is 0 Å². The Balaban J connectivity index is 1.25. The van der Waals surface area contributed by atoms with Crippen LogP contribution < -0.4 is 11.4 Å². The van der Waals surface area contributed by atoms with E-state index in [2.05, 4.69) is 9.88 Å². The molecule has 0 bridgehead atoms. The van der Waals surface area contributed by atoms with Gasteiger partial charge in [0.25, 0.3) is 0 Å². The number of aryl methyl sites for hydroxylation is 1. The maximum Gasteiger partial charge on any atom is 0.493 e. The van der Waals surface area contributed by atoms with Crippen LogP contribution in [-0.2, 0) is 12.8 Å². The Bertz CT molecular complexity index is 1460. The molecule has 2 aromatic heterocycles. The number of fused-ring (bicyclic) bond motifs is 2. The lowest BCUT2D eigenvalue weighted by molar-refractivity contribution is -0.203. The fraction of sp³-hybridized carbons (Fsp3) is 0.391. The van der Waals surface area contributed by atoms with Crippen molar-refractivity contribution in [3.63, 3.8) is 0 Å². The Morgan fingerprint density at radius 1 is 0.971 bits per heavy atom. The number of piperidine rings is 1. The van der Waals surface area contributed by atoms with Crippen molar-refractivity contribution in [3.8, 4) is 0 Å². The molecule has 0 atom stereocenters. The van der Waals surface area contributed by atoms with Gasteiger partial charge in [-0.2, -0.15) is 0 Å². The third-order valence-electron chi connectivity index (χ3n) is 6.55. The number of para-hydroxylation sites is 2. The highest BCUT2D eigenvalue weighted by atomic mass is 35.5. The van der Waals surface area contributed by atoms with Gasteiger partial charge < -0.3 is 9.88 Å². The van der Waals surface area contributed by atoms with Crippen LogP contribution in [-0.4, -0.2) is 43.2 Å². The van der Waals surface area contributed by atoms with Crippen LogP contribution in [0.5, 0.6) is 0 Å². The van der Waals surface area contributed by atoms with Crippen LogP contribution in [0.2, 0.25) is 5.02 Å². The quantitative estimate of drug-likeness (QED) is 0.450. The van der Waals surface area contributed by atoms with E-state index in [1.54, 1.807) is 28.8 Å². The Kier molecular flexibility index (Phi) is 5.81. The first-order chi connectivity index (χ1) is 16.2. The van der Waals surface area contributed by atoms with Crippen LogP contribution in [0.3, 0.4) is 0 Å². The molecule has 1 saturated heterocycles. The molecule has 1 aliphatic heterocycles. The lowest BCUT2D eigenvalue weighted by atomic mass is 10.0. The van der Waals surface area contributed by atoms with Crippen molar-refractivity contribution in [1.82, 2.24) is 23.6 Å². The van der Waals surface area contributed by atoms with E-state index < -0.39 is 12.0 Å². The summed E-state index contributed by atoms with van der Waals surface area (Å²) in [5.74, 6) is 0. The van der Waals surface area contributed by atoms with Crippen molar-refractivity contribution in [3.05, 3.63) is 68.5 Å². The fourth-order valence-corrected chi connectivity index (χ4v) is 5.15. The second kappa shape index (κ2) is 8.66. The number of H-pyrrole nitrogens is 1. The number of nitrogens with zero attached hydrogens (tertiary/aromatic N) is 4. The van der Waals surface area contributed by atoms with Gasteiger partial charge in [-0.05, 0) is 56.1 Å². The van der Waals surface area contributed by atoms with Crippen LogP contribution in [0.4, 0.5) is 13.2 Å². The second-order valence-electron chi connectivity index (χ2n) is 8.61. The van der Waals surface area contributed by atoms with Gasteiger partial charge in [-0.15, -0.1) is 13.2 Å². The Hall–Kier alpha value is -2.98. The smallest absolute Gasteiger partial charge is 0.305 e. The molecule has 1 aliphatic rings. The number of halogens is 4. The molecule has 5 rings (SSSR count). The largest absolute Gasteiger partial charge is 0.493 e. The predicted octanol–water partition coefficient (Wildman–Crippen LogP) is 4.30. The van der Waals surface area contributed by atoms with Crippen molar-refractivity contribution < 1.29 is 13.2 Å². The zero-order valence-electron chi connectivity index (χ0n) is 18.2. The van der Waals surface area contributed by atoms with Crippen LogP contribution in [0.25, 0.3) is 22.1 Å². The van der Waals surface area contributed by atoms with Gasteiger partial charge >= 0.3 is 17.7 Å². The monoisotopic (exact) mass is 493 g/mol. The Morgan fingerprint density at radius 3 is 2.38 bits per heavy atom. The average Bonchev–Trinajstić information content (AvgIpc) is 3.26. The van der Waals surface area contributed by atoms with Crippen molar-refractivity contribution in [2.45, 2.75) is 38.1 Å². The molecule has 0 radical (unpaired) electrons. The van der Waals surface area contributed by atoms with E-state index in [1.165, 1.54) is 16.7 Å². The SMILES string of the molecule is O=c1[nH]c2cc(Cl)ccc2n1CCCN1CCC(n2c(=O)n(C(F)(F)F)c3ccccc32)CC1. The molecule has 11 heteroatoms. The Labute approximate surface area is 197 Å². The number of aromatic nitrogens is 4. The summed E-state index contributed by atoms with van der Waals surface area (Å²) in [6, 6.07) is 11.0. The van der Waals surface area contributed by atoms with Gasteiger partial charge in [0.05, 0.1) is 22.1 Å². The summed E-state index contributed by atoms with van der Waals surface area (Å²) in [6.07, 6.45) is -2.86. The molecule has 180 valence electrons. The Morgan fingerprint density at radius 2 is 1.68 bits per heavy atom. The minimum Gasteiger partial charge on any atom is -0.305 e. The minimum absolute atomic E-state index is 0.0686. The highest BCUT2D eigenvalue weighted by Crippen LogP contribution is 2.30. The maximum atomic E-state index is 13.5. The fourth-order valence-electron chi connectivity index (χ4n) is 4.98. The van der Waals surface area contributed by atoms with Crippen molar-refractivity contribution in [1.29, 1.82) is 0 Å². The first-order valence-corrected chi connectivity index (χ1v) is 11.5.